The number of halogens is 3. The Labute approximate surface area is 177 Å². The molecule has 0 aromatic heterocycles. The van der Waals surface area contributed by atoms with Crippen LogP contribution >= 0.6 is 27.5 Å². The summed E-state index contributed by atoms with van der Waals surface area (Å²) in [7, 11) is 0. The van der Waals surface area contributed by atoms with Gasteiger partial charge in [0.1, 0.15) is 5.82 Å². The largest absolute Gasteiger partial charge is 0.299 e. The van der Waals surface area contributed by atoms with Crippen LogP contribution in [0.2, 0.25) is 5.02 Å². The van der Waals surface area contributed by atoms with Gasteiger partial charge in [-0.25, -0.2) is 9.82 Å². The van der Waals surface area contributed by atoms with E-state index in [9.17, 15) is 9.18 Å². The van der Waals surface area contributed by atoms with Crippen molar-refractivity contribution in [1.29, 1.82) is 0 Å². The predicted molar refractivity (Wildman–Crippen MR) is 114 cm³/mol. The van der Waals surface area contributed by atoms with E-state index < -0.39 is 0 Å². The lowest BCUT2D eigenvalue weighted by Crippen LogP contribution is -2.39. The fraction of sp³-hybridized carbons (Fsp3) is 0.333. The monoisotopic (exact) mass is 465 g/mol. The van der Waals surface area contributed by atoms with Crippen LogP contribution in [0.5, 0.6) is 0 Å². The Bertz CT molecular complexity index is 864. The highest BCUT2D eigenvalue weighted by Crippen LogP contribution is 2.23. The third-order valence-corrected chi connectivity index (χ3v) is 5.84. The molecule has 0 bridgehead atoms. The van der Waals surface area contributed by atoms with Crippen LogP contribution in [0.15, 0.2) is 52.0 Å². The lowest BCUT2D eigenvalue weighted by molar-refractivity contribution is -0.126. The molecule has 0 unspecified atom stereocenters. The van der Waals surface area contributed by atoms with E-state index in [2.05, 4.69) is 31.4 Å². The second-order valence-electron chi connectivity index (χ2n) is 6.97. The first-order valence-corrected chi connectivity index (χ1v) is 10.4. The van der Waals surface area contributed by atoms with Crippen molar-refractivity contribution >= 4 is 39.1 Å². The first-order chi connectivity index (χ1) is 13.4. The van der Waals surface area contributed by atoms with Gasteiger partial charge < -0.3 is 0 Å². The highest BCUT2D eigenvalue weighted by atomic mass is 79.9. The summed E-state index contributed by atoms with van der Waals surface area (Å²) in [6.07, 6.45) is 1.52. The van der Waals surface area contributed by atoms with Gasteiger partial charge in [-0.1, -0.05) is 45.7 Å². The maximum absolute atomic E-state index is 13.2. The topological polar surface area (TPSA) is 44.7 Å². The number of hydrogen-bond donors (Lipinski definition) is 1. The number of hydrogen-bond acceptors (Lipinski definition) is 3. The van der Waals surface area contributed by atoms with Gasteiger partial charge in [-0.05, 0) is 68.2 Å². The summed E-state index contributed by atoms with van der Waals surface area (Å²) < 4.78 is 14.2. The fourth-order valence-electron chi connectivity index (χ4n) is 3.23. The van der Waals surface area contributed by atoms with E-state index >= 15 is 0 Å². The van der Waals surface area contributed by atoms with Crippen LogP contribution in [0.4, 0.5) is 4.39 Å². The lowest BCUT2D eigenvalue weighted by Gasteiger charge is -2.31. The number of benzene rings is 2. The van der Waals surface area contributed by atoms with E-state index in [4.69, 9.17) is 11.6 Å². The molecule has 0 saturated carbocycles. The Hall–Kier alpha value is -1.76. The second-order valence-corrected chi connectivity index (χ2v) is 8.29. The highest BCUT2D eigenvalue weighted by molar-refractivity contribution is 9.10. The van der Waals surface area contributed by atoms with E-state index in [1.54, 1.807) is 6.07 Å². The maximum atomic E-state index is 13.2. The Kier molecular flexibility index (Phi) is 7.21. The predicted octanol–water partition coefficient (Wildman–Crippen LogP) is 4.99. The van der Waals surface area contributed by atoms with Crippen molar-refractivity contribution in [2.45, 2.75) is 26.3 Å². The van der Waals surface area contributed by atoms with Crippen LogP contribution in [-0.4, -0.2) is 29.6 Å². The van der Waals surface area contributed by atoms with E-state index in [1.165, 1.54) is 12.1 Å². The zero-order valence-corrected chi connectivity index (χ0v) is 17.9. The number of likely N-dealkylation sites (tertiary alicyclic amines) is 1. The molecule has 2 aromatic carbocycles. The number of amides is 1. The van der Waals surface area contributed by atoms with Crippen molar-refractivity contribution in [2.75, 3.05) is 13.1 Å². The Balaban J connectivity index is 1.49. The summed E-state index contributed by atoms with van der Waals surface area (Å²) in [5, 5.41) is 4.68. The minimum atomic E-state index is -0.330. The molecule has 1 N–H and O–H groups in total. The molecular weight excluding hydrogens is 445 g/mol. The quantitative estimate of drug-likeness (QED) is 0.498. The third-order valence-electron chi connectivity index (χ3n) is 4.96. The fourth-order valence-corrected chi connectivity index (χ4v) is 3.72. The number of nitrogens with zero attached hydrogens (tertiary/aromatic N) is 2. The van der Waals surface area contributed by atoms with Gasteiger partial charge in [-0.15, -0.1) is 0 Å². The lowest BCUT2D eigenvalue weighted by atomic mass is 9.96. The van der Waals surface area contributed by atoms with Gasteiger partial charge in [0, 0.05) is 22.0 Å². The normalized spacial score (nSPS) is 16.2. The Morgan fingerprint density at radius 1 is 1.25 bits per heavy atom. The average molecular weight is 467 g/mol. The molecule has 0 spiro atoms. The van der Waals surface area contributed by atoms with Gasteiger partial charge in [-0.2, -0.15) is 5.10 Å². The van der Waals surface area contributed by atoms with Gasteiger partial charge in [0.25, 0.3) is 0 Å². The molecular formula is C21H22BrClFN3O. The summed E-state index contributed by atoms with van der Waals surface area (Å²) in [5.41, 5.74) is 5.34. The zero-order chi connectivity index (χ0) is 20.1. The van der Waals surface area contributed by atoms with Crippen LogP contribution in [0.1, 0.15) is 30.9 Å². The molecule has 3 rings (SSSR count). The van der Waals surface area contributed by atoms with E-state index in [1.807, 2.05) is 31.2 Å². The molecule has 1 aliphatic heterocycles. The number of carbonyl (C=O) groups is 1. The Morgan fingerprint density at radius 2 is 1.93 bits per heavy atom. The average Bonchev–Trinajstić information content (AvgIpc) is 2.69. The van der Waals surface area contributed by atoms with E-state index in [-0.39, 0.29) is 17.6 Å². The summed E-state index contributed by atoms with van der Waals surface area (Å²) >= 11 is 9.51. The van der Waals surface area contributed by atoms with Gasteiger partial charge >= 0.3 is 0 Å². The molecule has 1 aliphatic rings. The number of piperidine rings is 1. The summed E-state index contributed by atoms with van der Waals surface area (Å²) in [5.74, 6) is -0.430. The number of carbonyl (C=O) groups excluding carboxylic acids is 1. The molecule has 0 radical (unpaired) electrons. The maximum Gasteiger partial charge on any atom is 0.243 e. The molecule has 1 fully saturated rings. The molecule has 2 aromatic rings. The smallest absolute Gasteiger partial charge is 0.243 e. The van der Waals surface area contributed by atoms with Crippen molar-refractivity contribution in [3.63, 3.8) is 0 Å². The van der Waals surface area contributed by atoms with Crippen molar-refractivity contribution in [2.24, 2.45) is 11.0 Å². The summed E-state index contributed by atoms with van der Waals surface area (Å²) in [6.45, 7) is 4.12. The summed E-state index contributed by atoms with van der Waals surface area (Å²) in [6, 6.07) is 12.3. The van der Waals surface area contributed by atoms with Crippen LogP contribution in [-0.2, 0) is 11.3 Å². The summed E-state index contributed by atoms with van der Waals surface area (Å²) in [4.78, 5) is 14.7. The van der Waals surface area contributed by atoms with Gasteiger partial charge in [-0.3, -0.25) is 9.69 Å². The van der Waals surface area contributed by atoms with Crippen molar-refractivity contribution in [1.82, 2.24) is 10.3 Å². The van der Waals surface area contributed by atoms with E-state index in [0.717, 1.165) is 47.2 Å². The number of hydrazone groups is 1. The molecule has 0 atom stereocenters. The van der Waals surface area contributed by atoms with E-state index in [0.29, 0.717) is 11.6 Å². The third kappa shape index (κ3) is 5.63. The minimum absolute atomic E-state index is 0.0454. The minimum Gasteiger partial charge on any atom is -0.299 e. The first-order valence-electron chi connectivity index (χ1n) is 9.19. The van der Waals surface area contributed by atoms with Crippen LogP contribution < -0.4 is 5.43 Å². The molecule has 1 amide bonds. The molecule has 7 heteroatoms. The van der Waals surface area contributed by atoms with Crippen LogP contribution in [0, 0.1) is 11.7 Å². The molecule has 148 valence electrons. The Morgan fingerprint density at radius 3 is 2.57 bits per heavy atom. The molecule has 1 heterocycles. The zero-order valence-electron chi connectivity index (χ0n) is 15.6. The number of nitrogens with one attached hydrogen (secondary N) is 1. The SMILES string of the molecule is CC(=NNC(=O)C1CCN(Cc2ccc(F)cc2Cl)CC1)c1ccc(Br)cc1. The molecule has 1 saturated heterocycles. The van der Waals surface area contributed by atoms with Crippen molar-refractivity contribution in [3.8, 4) is 0 Å². The van der Waals surface area contributed by atoms with Crippen molar-refractivity contribution in [3.05, 3.63) is 68.9 Å². The number of rotatable bonds is 5. The van der Waals surface area contributed by atoms with Crippen LogP contribution in [0.25, 0.3) is 0 Å². The highest BCUT2D eigenvalue weighted by Gasteiger charge is 2.25. The molecule has 0 aliphatic carbocycles. The van der Waals surface area contributed by atoms with Crippen LogP contribution in [0.3, 0.4) is 0 Å². The van der Waals surface area contributed by atoms with Crippen molar-refractivity contribution < 1.29 is 9.18 Å². The van der Waals surface area contributed by atoms with Gasteiger partial charge in [0.15, 0.2) is 0 Å². The standard InChI is InChI=1S/C21H22BrClFN3O/c1-14(15-2-5-18(22)6-3-15)25-26-21(28)16-8-10-27(11-9-16)13-17-4-7-19(24)12-20(17)23/h2-7,12,16H,8-11,13H2,1H3,(H,26,28). The van der Waals surface area contributed by atoms with Gasteiger partial charge in [0.2, 0.25) is 5.91 Å². The van der Waals surface area contributed by atoms with Gasteiger partial charge in [0.05, 0.1) is 5.71 Å². The molecule has 4 nitrogen and oxygen atoms in total. The second kappa shape index (κ2) is 9.63. The molecule has 28 heavy (non-hydrogen) atoms. The first kappa shape index (κ1) is 21.0.